The number of para-hydroxylation sites is 1. The summed E-state index contributed by atoms with van der Waals surface area (Å²) in [7, 11) is 0. The van der Waals surface area contributed by atoms with Crippen molar-refractivity contribution in [3.8, 4) is 0 Å². The van der Waals surface area contributed by atoms with Crippen LogP contribution in [0, 0.1) is 13.8 Å². The van der Waals surface area contributed by atoms with Gasteiger partial charge in [0.25, 0.3) is 0 Å². The van der Waals surface area contributed by atoms with Crippen LogP contribution < -0.4 is 5.32 Å². The smallest absolute Gasteiger partial charge is 0.227 e. The molecule has 1 atom stereocenters. The number of hydrogen-bond donors (Lipinski definition) is 1. The Bertz CT molecular complexity index is 800. The normalized spacial score (nSPS) is 12.5. The van der Waals surface area contributed by atoms with Crippen molar-refractivity contribution in [2.24, 2.45) is 0 Å². The van der Waals surface area contributed by atoms with E-state index in [2.05, 4.69) is 15.6 Å². The summed E-state index contributed by atoms with van der Waals surface area (Å²) in [4.78, 5) is 12.3. The Balaban J connectivity index is 1.72. The van der Waals surface area contributed by atoms with Crippen LogP contribution >= 0.6 is 0 Å². The number of amides is 1. The number of fused-ring (bicyclic) bond motifs is 1. The summed E-state index contributed by atoms with van der Waals surface area (Å²) >= 11 is 0. The molecule has 6 heteroatoms. The number of carbonyl (C=O) groups is 1. The predicted molar refractivity (Wildman–Crippen MR) is 80.2 cm³/mol. The van der Waals surface area contributed by atoms with Gasteiger partial charge in [-0.25, -0.2) is 0 Å². The van der Waals surface area contributed by atoms with Crippen LogP contribution in [0.5, 0.6) is 0 Å². The van der Waals surface area contributed by atoms with E-state index in [1.165, 1.54) is 0 Å². The average Bonchev–Trinajstić information content (AvgIpc) is 3.08. The molecule has 1 amide bonds. The van der Waals surface area contributed by atoms with E-state index in [9.17, 15) is 4.79 Å². The molecule has 0 saturated carbocycles. The van der Waals surface area contributed by atoms with Gasteiger partial charge in [0.2, 0.25) is 5.91 Å². The van der Waals surface area contributed by atoms with Gasteiger partial charge in [0, 0.05) is 10.9 Å². The summed E-state index contributed by atoms with van der Waals surface area (Å²) in [6.07, 6.45) is 0. The van der Waals surface area contributed by atoms with E-state index in [1.54, 1.807) is 0 Å². The van der Waals surface area contributed by atoms with Gasteiger partial charge in [-0.15, -0.1) is 0 Å². The van der Waals surface area contributed by atoms with Gasteiger partial charge in [0.05, 0.1) is 18.2 Å². The molecule has 22 heavy (non-hydrogen) atoms. The monoisotopic (exact) mass is 299 g/mol. The SMILES string of the molecule is Cc1noc(C)c1C(C)C(=O)NCc1noc2ccccc12. The number of benzene rings is 1. The van der Waals surface area contributed by atoms with Crippen molar-refractivity contribution in [2.75, 3.05) is 0 Å². The van der Waals surface area contributed by atoms with Gasteiger partial charge in [0.1, 0.15) is 11.5 Å². The Morgan fingerprint density at radius 3 is 2.73 bits per heavy atom. The van der Waals surface area contributed by atoms with Crippen LogP contribution in [0.15, 0.2) is 33.3 Å². The third-order valence-electron chi connectivity index (χ3n) is 3.80. The van der Waals surface area contributed by atoms with Gasteiger partial charge in [-0.05, 0) is 32.9 Å². The fourth-order valence-electron chi connectivity index (χ4n) is 2.63. The zero-order chi connectivity index (χ0) is 15.7. The van der Waals surface area contributed by atoms with Crippen LogP contribution in [0.1, 0.15) is 35.6 Å². The molecule has 0 fully saturated rings. The van der Waals surface area contributed by atoms with Crippen LogP contribution in [0.2, 0.25) is 0 Å². The Kier molecular flexibility index (Phi) is 3.66. The number of aromatic nitrogens is 2. The molecule has 0 spiro atoms. The third-order valence-corrected chi connectivity index (χ3v) is 3.80. The molecule has 1 N–H and O–H groups in total. The van der Waals surface area contributed by atoms with Crippen molar-refractivity contribution >= 4 is 16.9 Å². The number of rotatable bonds is 4. The number of hydrogen-bond acceptors (Lipinski definition) is 5. The lowest BCUT2D eigenvalue weighted by Gasteiger charge is -2.11. The highest BCUT2D eigenvalue weighted by Gasteiger charge is 2.23. The number of nitrogens with zero attached hydrogens (tertiary/aromatic N) is 2. The molecular formula is C16H17N3O3. The van der Waals surface area contributed by atoms with Crippen molar-refractivity contribution in [3.05, 3.63) is 47.0 Å². The van der Waals surface area contributed by atoms with Gasteiger partial charge in [-0.3, -0.25) is 4.79 Å². The van der Waals surface area contributed by atoms with Crippen molar-refractivity contribution in [3.63, 3.8) is 0 Å². The largest absolute Gasteiger partial charge is 0.361 e. The molecular weight excluding hydrogens is 282 g/mol. The van der Waals surface area contributed by atoms with Crippen molar-refractivity contribution in [1.82, 2.24) is 15.6 Å². The highest BCUT2D eigenvalue weighted by atomic mass is 16.5. The van der Waals surface area contributed by atoms with E-state index < -0.39 is 0 Å². The molecule has 3 rings (SSSR count). The molecule has 2 aromatic heterocycles. The van der Waals surface area contributed by atoms with Crippen molar-refractivity contribution in [2.45, 2.75) is 33.2 Å². The Morgan fingerprint density at radius 1 is 1.23 bits per heavy atom. The quantitative estimate of drug-likeness (QED) is 0.801. The topological polar surface area (TPSA) is 81.2 Å². The Labute approximate surface area is 127 Å². The van der Waals surface area contributed by atoms with Gasteiger partial charge in [0.15, 0.2) is 5.58 Å². The Hall–Kier alpha value is -2.63. The van der Waals surface area contributed by atoms with Gasteiger partial charge in [-0.2, -0.15) is 0 Å². The zero-order valence-corrected chi connectivity index (χ0v) is 12.7. The molecule has 1 aromatic carbocycles. The lowest BCUT2D eigenvalue weighted by molar-refractivity contribution is -0.122. The fraction of sp³-hybridized carbons (Fsp3) is 0.312. The molecule has 6 nitrogen and oxygen atoms in total. The molecule has 0 bridgehead atoms. The van der Waals surface area contributed by atoms with Crippen LogP contribution in [0.3, 0.4) is 0 Å². The van der Waals surface area contributed by atoms with E-state index in [0.717, 1.165) is 22.3 Å². The van der Waals surface area contributed by atoms with Crippen LogP contribution in [0.4, 0.5) is 0 Å². The van der Waals surface area contributed by atoms with E-state index in [-0.39, 0.29) is 11.8 Å². The molecule has 0 radical (unpaired) electrons. The van der Waals surface area contributed by atoms with Crippen LogP contribution in [-0.4, -0.2) is 16.2 Å². The molecule has 0 aliphatic carbocycles. The summed E-state index contributed by atoms with van der Waals surface area (Å²) in [5.74, 6) is 0.248. The van der Waals surface area contributed by atoms with Gasteiger partial charge < -0.3 is 14.4 Å². The molecule has 0 aliphatic rings. The molecule has 2 heterocycles. The van der Waals surface area contributed by atoms with E-state index in [1.807, 2.05) is 45.0 Å². The molecule has 1 unspecified atom stereocenters. The van der Waals surface area contributed by atoms with Crippen LogP contribution in [0.25, 0.3) is 11.0 Å². The van der Waals surface area contributed by atoms with E-state index in [0.29, 0.717) is 17.9 Å². The maximum atomic E-state index is 12.3. The van der Waals surface area contributed by atoms with Gasteiger partial charge in [-0.1, -0.05) is 22.4 Å². The average molecular weight is 299 g/mol. The highest BCUT2D eigenvalue weighted by molar-refractivity contribution is 5.84. The number of carbonyl (C=O) groups excluding carboxylic acids is 1. The lowest BCUT2D eigenvalue weighted by atomic mass is 9.98. The highest BCUT2D eigenvalue weighted by Crippen LogP contribution is 2.23. The summed E-state index contributed by atoms with van der Waals surface area (Å²) < 4.78 is 10.3. The molecule has 0 aliphatic heterocycles. The van der Waals surface area contributed by atoms with Crippen LogP contribution in [-0.2, 0) is 11.3 Å². The maximum absolute atomic E-state index is 12.3. The molecule has 3 aromatic rings. The lowest BCUT2D eigenvalue weighted by Crippen LogP contribution is -2.28. The Morgan fingerprint density at radius 2 is 2.00 bits per heavy atom. The fourth-order valence-corrected chi connectivity index (χ4v) is 2.63. The first-order chi connectivity index (χ1) is 10.6. The van der Waals surface area contributed by atoms with Crippen molar-refractivity contribution in [1.29, 1.82) is 0 Å². The molecule has 114 valence electrons. The second kappa shape index (κ2) is 5.63. The predicted octanol–water partition coefficient (Wildman–Crippen LogP) is 2.85. The first-order valence-corrected chi connectivity index (χ1v) is 7.11. The van der Waals surface area contributed by atoms with Crippen molar-refractivity contribution < 1.29 is 13.8 Å². The second-order valence-electron chi connectivity index (χ2n) is 5.30. The summed E-state index contributed by atoms with van der Waals surface area (Å²) in [6.45, 7) is 5.80. The minimum Gasteiger partial charge on any atom is -0.361 e. The third kappa shape index (κ3) is 2.47. The summed E-state index contributed by atoms with van der Waals surface area (Å²) in [5, 5.41) is 11.7. The minimum absolute atomic E-state index is 0.0959. The number of nitrogens with one attached hydrogen (secondary N) is 1. The zero-order valence-electron chi connectivity index (χ0n) is 12.7. The van der Waals surface area contributed by atoms with E-state index >= 15 is 0 Å². The molecule has 0 saturated heterocycles. The minimum atomic E-state index is -0.329. The number of aryl methyl sites for hydroxylation is 2. The summed E-state index contributed by atoms with van der Waals surface area (Å²) in [5.41, 5.74) is 3.01. The standard InChI is InChI=1S/C16H17N3O3/c1-9(15-10(2)18-21-11(15)3)16(20)17-8-13-12-6-4-5-7-14(12)22-19-13/h4-7,9H,8H2,1-3H3,(H,17,20). The summed E-state index contributed by atoms with van der Waals surface area (Å²) in [6, 6.07) is 7.57. The van der Waals surface area contributed by atoms with E-state index in [4.69, 9.17) is 9.05 Å². The second-order valence-corrected chi connectivity index (χ2v) is 5.30. The first-order valence-electron chi connectivity index (χ1n) is 7.11. The van der Waals surface area contributed by atoms with Gasteiger partial charge >= 0.3 is 0 Å². The maximum Gasteiger partial charge on any atom is 0.227 e. The first kappa shape index (κ1) is 14.3.